The van der Waals surface area contributed by atoms with Crippen LogP contribution in [-0.4, -0.2) is 23.0 Å². The lowest BCUT2D eigenvalue weighted by molar-refractivity contribution is -0.118. The Labute approximate surface area is 173 Å². The lowest BCUT2D eigenvalue weighted by Gasteiger charge is -2.19. The normalized spacial score (nSPS) is 10.8. The minimum Gasteiger partial charge on any atom is -0.497 e. The number of hydrogen-bond acceptors (Lipinski definition) is 5. The highest BCUT2D eigenvalue weighted by Crippen LogP contribution is 2.32. The predicted molar refractivity (Wildman–Crippen MR) is 116 cm³/mol. The maximum Gasteiger partial charge on any atom is 0.233 e. The van der Waals surface area contributed by atoms with Gasteiger partial charge < -0.3 is 4.74 Å². The quantitative estimate of drug-likeness (QED) is 0.465. The molecule has 0 aliphatic rings. The van der Waals surface area contributed by atoms with Gasteiger partial charge in [0.25, 0.3) is 0 Å². The van der Waals surface area contributed by atoms with Crippen LogP contribution in [0.15, 0.2) is 66.9 Å². The van der Waals surface area contributed by atoms with Gasteiger partial charge in [0, 0.05) is 6.20 Å². The molecule has 5 nitrogen and oxygen atoms in total. The third kappa shape index (κ3) is 4.43. The summed E-state index contributed by atoms with van der Waals surface area (Å²) in [6.07, 6.45) is 2.05. The van der Waals surface area contributed by atoms with E-state index in [1.54, 1.807) is 18.2 Å². The molecule has 2 aromatic carbocycles. The number of fused-ring (bicyclic) bond motifs is 1. The molecule has 0 saturated heterocycles. The van der Waals surface area contributed by atoms with E-state index in [4.69, 9.17) is 9.72 Å². The maximum absolute atomic E-state index is 13.2. The molecule has 0 aliphatic heterocycles. The molecule has 4 rings (SSSR count). The van der Waals surface area contributed by atoms with Crippen molar-refractivity contribution in [3.8, 4) is 5.75 Å². The number of pyridine rings is 1. The fourth-order valence-corrected chi connectivity index (χ4v) is 4.04. The average molecular weight is 404 g/mol. The summed E-state index contributed by atoms with van der Waals surface area (Å²) >= 11 is 1.48. The summed E-state index contributed by atoms with van der Waals surface area (Å²) in [7, 11) is 1.64. The van der Waals surface area contributed by atoms with Crippen LogP contribution in [0.2, 0.25) is 0 Å². The lowest BCUT2D eigenvalue weighted by atomic mass is 10.1. The molecule has 0 fully saturated rings. The molecule has 0 spiro atoms. The molecule has 0 bridgehead atoms. The van der Waals surface area contributed by atoms with Gasteiger partial charge >= 0.3 is 0 Å². The van der Waals surface area contributed by atoms with Crippen LogP contribution < -0.4 is 9.64 Å². The highest BCUT2D eigenvalue weighted by molar-refractivity contribution is 7.22. The molecular weight excluding hydrogens is 382 g/mol. The maximum atomic E-state index is 13.2. The molecule has 0 unspecified atom stereocenters. The van der Waals surface area contributed by atoms with Crippen molar-refractivity contribution in [2.75, 3.05) is 12.0 Å². The van der Waals surface area contributed by atoms with Crippen LogP contribution in [-0.2, 0) is 17.8 Å². The van der Waals surface area contributed by atoms with Crippen molar-refractivity contribution in [2.45, 2.75) is 19.9 Å². The minimum absolute atomic E-state index is 0.00877. The molecule has 1 amide bonds. The van der Waals surface area contributed by atoms with Crippen LogP contribution in [0.3, 0.4) is 0 Å². The first-order valence-corrected chi connectivity index (χ1v) is 10.1. The fourth-order valence-electron chi connectivity index (χ4n) is 3.03. The number of amides is 1. The summed E-state index contributed by atoms with van der Waals surface area (Å²) in [6, 6.07) is 19.5. The van der Waals surface area contributed by atoms with Crippen molar-refractivity contribution >= 4 is 32.6 Å². The van der Waals surface area contributed by atoms with E-state index in [-0.39, 0.29) is 5.91 Å². The number of hydrogen-bond donors (Lipinski definition) is 0. The zero-order chi connectivity index (χ0) is 20.2. The number of ether oxygens (including phenoxy) is 1. The summed E-state index contributed by atoms with van der Waals surface area (Å²) < 4.78 is 6.29. The van der Waals surface area contributed by atoms with E-state index >= 15 is 0 Å². The molecule has 6 heteroatoms. The van der Waals surface area contributed by atoms with Gasteiger partial charge in [-0.25, -0.2) is 4.98 Å². The van der Waals surface area contributed by atoms with E-state index in [1.165, 1.54) is 16.9 Å². The first-order chi connectivity index (χ1) is 14.1. The van der Waals surface area contributed by atoms with Crippen LogP contribution in [0.1, 0.15) is 16.8 Å². The van der Waals surface area contributed by atoms with Gasteiger partial charge in [0.2, 0.25) is 5.91 Å². The fraction of sp³-hybridized carbons (Fsp3) is 0.174. The Hall–Kier alpha value is -3.25. The van der Waals surface area contributed by atoms with Gasteiger partial charge in [-0.1, -0.05) is 47.2 Å². The molecule has 2 aromatic heterocycles. The number of methoxy groups -OCH3 is 1. The molecular formula is C23H21N3O2S. The van der Waals surface area contributed by atoms with Crippen LogP contribution in [0.5, 0.6) is 5.75 Å². The smallest absolute Gasteiger partial charge is 0.233 e. The first-order valence-electron chi connectivity index (χ1n) is 9.33. The van der Waals surface area contributed by atoms with Gasteiger partial charge in [0.05, 0.1) is 36.0 Å². The number of aromatic nitrogens is 2. The Morgan fingerprint density at radius 1 is 1.10 bits per heavy atom. The summed E-state index contributed by atoms with van der Waals surface area (Å²) in [5.41, 5.74) is 3.82. The van der Waals surface area contributed by atoms with Crippen LogP contribution in [0.25, 0.3) is 10.2 Å². The van der Waals surface area contributed by atoms with E-state index in [2.05, 4.69) is 4.98 Å². The Kier molecular flexibility index (Phi) is 5.53. The molecule has 0 saturated carbocycles. The first kappa shape index (κ1) is 19.1. The number of carbonyl (C=O) groups is 1. The number of carbonyl (C=O) groups excluding carboxylic acids is 1. The van der Waals surface area contributed by atoms with Crippen LogP contribution >= 0.6 is 11.3 Å². The summed E-state index contributed by atoms with van der Waals surface area (Å²) in [4.78, 5) is 24.1. The van der Waals surface area contributed by atoms with Crippen molar-refractivity contribution < 1.29 is 9.53 Å². The third-order valence-electron chi connectivity index (χ3n) is 4.64. The zero-order valence-corrected chi connectivity index (χ0v) is 17.1. The lowest BCUT2D eigenvalue weighted by Crippen LogP contribution is -2.32. The van der Waals surface area contributed by atoms with Crippen molar-refractivity contribution in [2.24, 2.45) is 0 Å². The Morgan fingerprint density at radius 2 is 1.93 bits per heavy atom. The van der Waals surface area contributed by atoms with Gasteiger partial charge in [0.15, 0.2) is 5.13 Å². The van der Waals surface area contributed by atoms with Gasteiger partial charge in [-0.2, -0.15) is 0 Å². The van der Waals surface area contributed by atoms with Crippen molar-refractivity contribution in [3.05, 3.63) is 83.7 Å². The second-order valence-corrected chi connectivity index (χ2v) is 7.80. The van der Waals surface area contributed by atoms with E-state index in [0.717, 1.165) is 27.2 Å². The Morgan fingerprint density at radius 3 is 2.66 bits per heavy atom. The third-order valence-corrected chi connectivity index (χ3v) is 5.68. The monoisotopic (exact) mass is 403 g/mol. The Bertz CT molecular complexity index is 1120. The van der Waals surface area contributed by atoms with Gasteiger partial charge in [-0.05, 0) is 42.8 Å². The predicted octanol–water partition coefficient (Wildman–Crippen LogP) is 4.78. The number of rotatable bonds is 6. The highest BCUT2D eigenvalue weighted by atomic mass is 32.1. The van der Waals surface area contributed by atoms with Crippen molar-refractivity contribution in [3.63, 3.8) is 0 Å². The van der Waals surface area contributed by atoms with E-state index in [0.29, 0.717) is 18.1 Å². The highest BCUT2D eigenvalue weighted by Gasteiger charge is 2.21. The largest absolute Gasteiger partial charge is 0.497 e. The molecule has 0 atom stereocenters. The molecule has 29 heavy (non-hydrogen) atoms. The zero-order valence-electron chi connectivity index (χ0n) is 16.3. The summed E-state index contributed by atoms with van der Waals surface area (Å²) in [5.74, 6) is 0.764. The summed E-state index contributed by atoms with van der Waals surface area (Å²) in [5, 5.41) is 0.663. The van der Waals surface area contributed by atoms with E-state index in [1.807, 2.05) is 67.6 Å². The number of benzene rings is 2. The molecule has 0 N–H and O–H groups in total. The minimum atomic E-state index is -0.00877. The van der Waals surface area contributed by atoms with Crippen molar-refractivity contribution in [1.29, 1.82) is 0 Å². The second kappa shape index (κ2) is 8.41. The van der Waals surface area contributed by atoms with Crippen LogP contribution in [0, 0.1) is 6.92 Å². The van der Waals surface area contributed by atoms with Crippen molar-refractivity contribution in [1.82, 2.24) is 9.97 Å². The standard InChI is InChI=1S/C23H21N3O2S/c1-16-6-8-17(9-7-16)13-22(27)26(15-18-5-3-4-12-24-18)23-25-20-11-10-19(28-2)14-21(20)29-23/h3-12,14H,13,15H2,1-2H3. The number of aryl methyl sites for hydroxylation is 1. The SMILES string of the molecule is COc1ccc2nc(N(Cc3ccccn3)C(=O)Cc3ccc(C)cc3)sc2c1. The number of nitrogens with zero attached hydrogens (tertiary/aromatic N) is 3. The number of thiazole rings is 1. The Balaban J connectivity index is 1.67. The van der Waals surface area contributed by atoms with Gasteiger partial charge in [-0.15, -0.1) is 0 Å². The molecule has 0 aliphatic carbocycles. The number of anilines is 1. The molecule has 4 aromatic rings. The topological polar surface area (TPSA) is 55.3 Å². The van der Waals surface area contributed by atoms with E-state index < -0.39 is 0 Å². The molecule has 146 valence electrons. The second-order valence-electron chi connectivity index (χ2n) is 6.79. The van der Waals surface area contributed by atoms with Gasteiger partial charge in [0.1, 0.15) is 5.75 Å². The van der Waals surface area contributed by atoms with Crippen LogP contribution in [0.4, 0.5) is 5.13 Å². The molecule has 2 heterocycles. The molecule has 0 radical (unpaired) electrons. The average Bonchev–Trinajstić information content (AvgIpc) is 3.17. The van der Waals surface area contributed by atoms with Gasteiger partial charge in [-0.3, -0.25) is 14.7 Å². The van der Waals surface area contributed by atoms with E-state index in [9.17, 15) is 4.79 Å². The summed E-state index contributed by atoms with van der Waals surface area (Å²) in [6.45, 7) is 2.41.